The van der Waals surface area contributed by atoms with E-state index in [-0.39, 0.29) is 23.9 Å². The maximum absolute atomic E-state index is 12.8. The summed E-state index contributed by atoms with van der Waals surface area (Å²) >= 11 is 0. The predicted molar refractivity (Wildman–Crippen MR) is 128 cm³/mol. The van der Waals surface area contributed by atoms with Gasteiger partial charge < -0.3 is 11.1 Å². The highest BCUT2D eigenvalue weighted by molar-refractivity contribution is 6.00. The summed E-state index contributed by atoms with van der Waals surface area (Å²) in [6.45, 7) is 0.500. The van der Waals surface area contributed by atoms with Gasteiger partial charge in [0.2, 0.25) is 11.8 Å². The first-order chi connectivity index (χ1) is 16.3. The summed E-state index contributed by atoms with van der Waals surface area (Å²) in [6, 6.07) is 11.4. The normalized spacial score (nSPS) is 15.5. The van der Waals surface area contributed by atoms with Crippen LogP contribution in [-0.2, 0) is 16.6 Å². The fourth-order valence-electron chi connectivity index (χ4n) is 3.95. The van der Waals surface area contributed by atoms with Crippen molar-refractivity contribution in [1.82, 2.24) is 19.8 Å². The maximum atomic E-state index is 12.8. The molecule has 0 spiro atoms. The van der Waals surface area contributed by atoms with Gasteiger partial charge in [0.1, 0.15) is 6.04 Å². The van der Waals surface area contributed by atoms with Crippen molar-refractivity contribution in [2.75, 3.05) is 12.3 Å². The lowest BCUT2D eigenvalue weighted by Crippen LogP contribution is -2.44. The molecular formula is C25H25N5O4. The van der Waals surface area contributed by atoms with Crippen LogP contribution in [0.5, 0.6) is 0 Å². The number of nitrogen functional groups attached to an aromatic ring is 1. The van der Waals surface area contributed by atoms with Crippen molar-refractivity contribution >= 4 is 34.4 Å². The third-order valence-corrected chi connectivity index (χ3v) is 5.78. The molecule has 4 N–H and O–H groups in total. The molecule has 0 radical (unpaired) electrons. The topological polar surface area (TPSA) is 128 Å². The number of hydrogen-bond acceptors (Lipinski definition) is 5. The number of aryl methyl sites for hydroxylation is 1. The molecule has 1 aromatic heterocycles. The highest BCUT2D eigenvalue weighted by atomic mass is 16.2. The molecule has 0 bridgehead atoms. The summed E-state index contributed by atoms with van der Waals surface area (Å²) in [5.41, 5.74) is 8.52. The maximum Gasteiger partial charge on any atom is 0.329 e. The Hall–Kier alpha value is -4.32. The SMILES string of the molecule is Cn1c(=O)n(C2CCC(=O)NC2=O)c2ccc(C#CCCCNC(=O)c3ccc(N)cc3)cc21. The molecule has 34 heavy (non-hydrogen) atoms. The van der Waals surface area contributed by atoms with Gasteiger partial charge in [-0.25, -0.2) is 4.79 Å². The van der Waals surface area contributed by atoms with Crippen molar-refractivity contribution < 1.29 is 14.4 Å². The number of carbonyl (C=O) groups excluding carboxylic acids is 3. The monoisotopic (exact) mass is 459 g/mol. The summed E-state index contributed by atoms with van der Waals surface area (Å²) in [6.07, 6.45) is 1.78. The van der Waals surface area contributed by atoms with Crippen LogP contribution in [0.1, 0.15) is 47.6 Å². The Kier molecular flexibility index (Phi) is 6.50. The summed E-state index contributed by atoms with van der Waals surface area (Å²) in [5.74, 6) is 5.24. The molecule has 4 rings (SSSR count). The molecule has 1 atom stereocenters. The minimum Gasteiger partial charge on any atom is -0.399 e. The Bertz CT molecular complexity index is 1390. The fourth-order valence-corrected chi connectivity index (χ4v) is 3.95. The summed E-state index contributed by atoms with van der Waals surface area (Å²) in [4.78, 5) is 48.7. The lowest BCUT2D eigenvalue weighted by atomic mass is 10.1. The van der Waals surface area contributed by atoms with E-state index in [2.05, 4.69) is 22.5 Å². The first-order valence-electron chi connectivity index (χ1n) is 11.0. The highest BCUT2D eigenvalue weighted by Gasteiger charge is 2.31. The van der Waals surface area contributed by atoms with E-state index in [4.69, 9.17) is 5.73 Å². The molecule has 2 aromatic carbocycles. The number of imide groups is 1. The minimum absolute atomic E-state index is 0.153. The van der Waals surface area contributed by atoms with Crippen LogP contribution >= 0.6 is 0 Å². The number of nitrogens with zero attached hydrogens (tertiary/aromatic N) is 2. The van der Waals surface area contributed by atoms with Gasteiger partial charge in [0.05, 0.1) is 11.0 Å². The van der Waals surface area contributed by atoms with Crippen LogP contribution in [0.3, 0.4) is 0 Å². The number of rotatable bonds is 5. The highest BCUT2D eigenvalue weighted by Crippen LogP contribution is 2.23. The van der Waals surface area contributed by atoms with E-state index < -0.39 is 11.9 Å². The third-order valence-electron chi connectivity index (χ3n) is 5.78. The molecule has 174 valence electrons. The van der Waals surface area contributed by atoms with Gasteiger partial charge in [-0.3, -0.25) is 28.8 Å². The average molecular weight is 460 g/mol. The van der Waals surface area contributed by atoms with Crippen molar-refractivity contribution in [1.29, 1.82) is 0 Å². The fraction of sp³-hybridized carbons (Fsp3) is 0.280. The quantitative estimate of drug-likeness (QED) is 0.230. The zero-order chi connectivity index (χ0) is 24.2. The van der Waals surface area contributed by atoms with E-state index in [1.165, 1.54) is 9.13 Å². The van der Waals surface area contributed by atoms with E-state index in [9.17, 15) is 19.2 Å². The number of aromatic nitrogens is 2. The molecule has 1 aliphatic heterocycles. The van der Waals surface area contributed by atoms with Crippen molar-refractivity contribution in [3.8, 4) is 11.8 Å². The molecule has 1 unspecified atom stereocenters. The van der Waals surface area contributed by atoms with Gasteiger partial charge in [0, 0.05) is 43.2 Å². The molecular weight excluding hydrogens is 434 g/mol. The predicted octanol–water partition coefficient (Wildman–Crippen LogP) is 1.46. The minimum atomic E-state index is -0.714. The molecule has 1 fully saturated rings. The lowest BCUT2D eigenvalue weighted by Gasteiger charge is -2.21. The number of imidazole rings is 1. The van der Waals surface area contributed by atoms with Crippen molar-refractivity contribution in [3.05, 3.63) is 64.1 Å². The molecule has 2 heterocycles. The zero-order valence-corrected chi connectivity index (χ0v) is 18.8. The van der Waals surface area contributed by atoms with Crippen LogP contribution in [0, 0.1) is 11.8 Å². The van der Waals surface area contributed by atoms with Crippen LogP contribution in [-0.4, -0.2) is 33.4 Å². The Morgan fingerprint density at radius 2 is 1.91 bits per heavy atom. The molecule has 1 aliphatic rings. The number of hydrogen-bond donors (Lipinski definition) is 3. The number of benzene rings is 2. The van der Waals surface area contributed by atoms with Crippen LogP contribution in [0.2, 0.25) is 0 Å². The second-order valence-electron chi connectivity index (χ2n) is 8.17. The van der Waals surface area contributed by atoms with Gasteiger partial charge in [-0.1, -0.05) is 11.8 Å². The average Bonchev–Trinajstić information content (AvgIpc) is 3.06. The Morgan fingerprint density at radius 3 is 2.65 bits per heavy atom. The zero-order valence-electron chi connectivity index (χ0n) is 18.8. The standard InChI is InChI=1S/C25H25N5O4/c1-29-21-15-16(5-3-2-4-14-27-23(32)17-7-9-18(26)10-8-17)6-11-19(21)30(25(29)34)20-12-13-22(31)28-24(20)33/h6-11,15,20H,2,4,12-14,26H2,1H3,(H,27,32)(H,28,31,33). The van der Waals surface area contributed by atoms with Crippen molar-refractivity contribution in [2.45, 2.75) is 31.7 Å². The van der Waals surface area contributed by atoms with E-state index >= 15 is 0 Å². The second kappa shape index (κ2) is 9.67. The van der Waals surface area contributed by atoms with Gasteiger partial charge in [-0.05, 0) is 55.3 Å². The molecule has 3 aromatic rings. The molecule has 3 amide bonds. The van der Waals surface area contributed by atoms with Crippen LogP contribution in [0.4, 0.5) is 5.69 Å². The van der Waals surface area contributed by atoms with E-state index in [0.717, 1.165) is 5.56 Å². The number of carbonyl (C=O) groups is 3. The summed E-state index contributed by atoms with van der Waals surface area (Å²) in [7, 11) is 1.65. The smallest absolute Gasteiger partial charge is 0.329 e. The molecule has 0 saturated carbocycles. The van der Waals surface area contributed by atoms with E-state index in [1.807, 2.05) is 6.07 Å². The largest absolute Gasteiger partial charge is 0.399 e. The molecule has 0 aliphatic carbocycles. The number of fused-ring (bicyclic) bond motifs is 1. The van der Waals surface area contributed by atoms with Crippen molar-refractivity contribution in [2.24, 2.45) is 7.05 Å². The van der Waals surface area contributed by atoms with Gasteiger partial charge in [0.25, 0.3) is 5.91 Å². The number of amides is 3. The molecule has 1 saturated heterocycles. The van der Waals surface area contributed by atoms with Gasteiger partial charge in [0.15, 0.2) is 0 Å². The van der Waals surface area contributed by atoms with Crippen LogP contribution in [0.25, 0.3) is 11.0 Å². The van der Waals surface area contributed by atoms with Crippen molar-refractivity contribution in [3.63, 3.8) is 0 Å². The van der Waals surface area contributed by atoms with Crippen LogP contribution < -0.4 is 22.1 Å². The van der Waals surface area contributed by atoms with E-state index in [1.54, 1.807) is 43.4 Å². The second-order valence-corrected chi connectivity index (χ2v) is 8.17. The number of unbranched alkanes of at least 4 members (excludes halogenated alkanes) is 1. The lowest BCUT2D eigenvalue weighted by molar-refractivity contribution is -0.135. The first-order valence-corrected chi connectivity index (χ1v) is 11.0. The van der Waals surface area contributed by atoms with Crippen LogP contribution in [0.15, 0.2) is 47.3 Å². The van der Waals surface area contributed by atoms with Gasteiger partial charge in [-0.15, -0.1) is 0 Å². The molecule has 9 heteroatoms. The summed E-state index contributed by atoms with van der Waals surface area (Å²) < 4.78 is 2.93. The number of anilines is 1. The third kappa shape index (κ3) is 4.71. The Balaban J connectivity index is 1.39. The number of nitrogens with one attached hydrogen (secondary N) is 2. The Morgan fingerprint density at radius 1 is 1.15 bits per heavy atom. The number of nitrogens with two attached hydrogens (primary N) is 1. The summed E-state index contributed by atoms with van der Waals surface area (Å²) in [5, 5.41) is 5.16. The Labute approximate surface area is 195 Å². The van der Waals surface area contributed by atoms with E-state index in [0.29, 0.717) is 48.1 Å². The molecule has 9 nitrogen and oxygen atoms in total. The number of piperidine rings is 1. The van der Waals surface area contributed by atoms with Gasteiger partial charge in [-0.2, -0.15) is 0 Å². The first kappa shape index (κ1) is 22.9. The van der Waals surface area contributed by atoms with Gasteiger partial charge >= 0.3 is 5.69 Å².